The van der Waals surface area contributed by atoms with Crippen LogP contribution >= 0.6 is 0 Å². The molecule has 0 radical (unpaired) electrons. The average Bonchev–Trinajstić information content (AvgIpc) is 2.61. The van der Waals surface area contributed by atoms with Crippen LogP contribution in [-0.2, 0) is 23.3 Å². The predicted molar refractivity (Wildman–Crippen MR) is 55.2 cm³/mol. The second-order valence-corrected chi connectivity index (χ2v) is 4.50. The summed E-state index contributed by atoms with van der Waals surface area (Å²) in [4.78, 5) is 0. The van der Waals surface area contributed by atoms with E-state index in [-0.39, 0.29) is 5.54 Å². The van der Waals surface area contributed by atoms with Gasteiger partial charge in [0, 0.05) is 0 Å². The Morgan fingerprint density at radius 1 is 1.57 bits per heavy atom. The molecule has 3 nitrogen and oxygen atoms in total. The number of fused-ring (bicyclic) bond motifs is 1. The van der Waals surface area contributed by atoms with Crippen molar-refractivity contribution in [1.82, 2.24) is 9.78 Å². The summed E-state index contributed by atoms with van der Waals surface area (Å²) in [5.41, 5.74) is 2.73. The van der Waals surface area contributed by atoms with Gasteiger partial charge in [0.05, 0.1) is 30.6 Å². The first-order valence-electron chi connectivity index (χ1n) is 5.29. The number of hydrogen-bond donors (Lipinski definition) is 0. The Kier molecular flexibility index (Phi) is 2.35. The van der Waals surface area contributed by atoms with Crippen LogP contribution in [0.15, 0.2) is 6.20 Å². The van der Waals surface area contributed by atoms with Crippen LogP contribution in [0.3, 0.4) is 0 Å². The van der Waals surface area contributed by atoms with Gasteiger partial charge in [-0.1, -0.05) is 6.92 Å². The third kappa shape index (κ3) is 1.46. The van der Waals surface area contributed by atoms with Gasteiger partial charge in [-0.15, -0.1) is 0 Å². The zero-order valence-electron chi connectivity index (χ0n) is 9.21. The largest absolute Gasteiger partial charge is 0.375 e. The molecule has 0 aromatic carbocycles. The van der Waals surface area contributed by atoms with Gasteiger partial charge in [0.1, 0.15) is 0 Å². The van der Waals surface area contributed by atoms with Crippen molar-refractivity contribution < 1.29 is 4.74 Å². The fourth-order valence-electron chi connectivity index (χ4n) is 1.79. The molecule has 0 saturated heterocycles. The number of ether oxygens (including phenoxy) is 1. The summed E-state index contributed by atoms with van der Waals surface area (Å²) in [6, 6.07) is 0. The van der Waals surface area contributed by atoms with E-state index in [1.807, 2.05) is 6.20 Å². The summed E-state index contributed by atoms with van der Waals surface area (Å²) in [7, 11) is 0. The van der Waals surface area contributed by atoms with E-state index < -0.39 is 0 Å². The first-order chi connectivity index (χ1) is 6.65. The number of rotatable bonds is 2. The van der Waals surface area contributed by atoms with Crippen molar-refractivity contribution >= 4 is 0 Å². The summed E-state index contributed by atoms with van der Waals surface area (Å²) in [5, 5.41) is 4.48. The molecular formula is C11H18N2O. The molecule has 1 aromatic heterocycles. The Morgan fingerprint density at radius 3 is 3.07 bits per heavy atom. The monoisotopic (exact) mass is 194 g/mol. The lowest BCUT2D eigenvalue weighted by Gasteiger charge is -2.27. The van der Waals surface area contributed by atoms with Gasteiger partial charge < -0.3 is 4.74 Å². The molecule has 0 spiro atoms. The number of nitrogens with zero attached hydrogens (tertiary/aromatic N) is 2. The van der Waals surface area contributed by atoms with E-state index in [0.29, 0.717) is 0 Å². The van der Waals surface area contributed by atoms with Gasteiger partial charge in [0.25, 0.3) is 0 Å². The topological polar surface area (TPSA) is 27.1 Å². The lowest BCUT2D eigenvalue weighted by Crippen LogP contribution is -2.29. The molecule has 0 atom stereocenters. The molecule has 0 amide bonds. The van der Waals surface area contributed by atoms with Crippen LogP contribution in [0, 0.1) is 0 Å². The Balaban J connectivity index is 2.39. The van der Waals surface area contributed by atoms with Crippen LogP contribution in [0.4, 0.5) is 0 Å². The zero-order chi connectivity index (χ0) is 10.2. The number of hydrogen-bond acceptors (Lipinski definition) is 2. The highest BCUT2D eigenvalue weighted by Gasteiger charge is 2.25. The lowest BCUT2D eigenvalue weighted by atomic mass is 10.0. The second-order valence-electron chi connectivity index (χ2n) is 4.50. The molecule has 2 rings (SSSR count). The highest BCUT2D eigenvalue weighted by Crippen LogP contribution is 2.25. The van der Waals surface area contributed by atoms with Crippen LogP contribution in [0.25, 0.3) is 0 Å². The van der Waals surface area contributed by atoms with Gasteiger partial charge in [0.2, 0.25) is 0 Å². The van der Waals surface area contributed by atoms with Crippen molar-refractivity contribution in [1.29, 1.82) is 0 Å². The third-order valence-electron chi connectivity index (χ3n) is 3.15. The minimum atomic E-state index is 0.105. The predicted octanol–water partition coefficient (Wildman–Crippen LogP) is 2.10. The molecular weight excluding hydrogens is 176 g/mol. The highest BCUT2D eigenvalue weighted by atomic mass is 16.5. The van der Waals surface area contributed by atoms with Crippen molar-refractivity contribution in [3.63, 3.8) is 0 Å². The standard InChI is InChI=1S/C11H18N2O/c1-4-11(2,3)13-10-8-14-6-5-9(10)7-12-13/h7H,4-6,8H2,1-3H3. The summed E-state index contributed by atoms with van der Waals surface area (Å²) < 4.78 is 7.60. The van der Waals surface area contributed by atoms with Gasteiger partial charge in [-0.05, 0) is 32.3 Å². The lowest BCUT2D eigenvalue weighted by molar-refractivity contribution is 0.0986. The number of aromatic nitrogens is 2. The van der Waals surface area contributed by atoms with Crippen molar-refractivity contribution in [2.75, 3.05) is 6.61 Å². The SMILES string of the molecule is CCC(C)(C)n1ncc2c1COCC2. The van der Waals surface area contributed by atoms with Crippen LogP contribution in [0.5, 0.6) is 0 Å². The molecule has 0 saturated carbocycles. The Hall–Kier alpha value is -0.830. The van der Waals surface area contributed by atoms with Gasteiger partial charge >= 0.3 is 0 Å². The average molecular weight is 194 g/mol. The van der Waals surface area contributed by atoms with Gasteiger partial charge in [0.15, 0.2) is 0 Å². The van der Waals surface area contributed by atoms with Crippen molar-refractivity contribution in [3.8, 4) is 0 Å². The van der Waals surface area contributed by atoms with Crippen LogP contribution in [-0.4, -0.2) is 16.4 Å². The van der Waals surface area contributed by atoms with Crippen LogP contribution in [0.1, 0.15) is 38.4 Å². The molecule has 78 valence electrons. The van der Waals surface area contributed by atoms with E-state index in [1.165, 1.54) is 11.3 Å². The Bertz CT molecular complexity index is 328. The Labute approximate surface area is 85.1 Å². The van der Waals surface area contributed by atoms with Gasteiger partial charge in [-0.2, -0.15) is 5.10 Å². The highest BCUT2D eigenvalue weighted by molar-refractivity contribution is 5.20. The van der Waals surface area contributed by atoms with E-state index >= 15 is 0 Å². The van der Waals surface area contributed by atoms with E-state index in [0.717, 1.165) is 26.1 Å². The van der Waals surface area contributed by atoms with E-state index in [4.69, 9.17) is 4.74 Å². The minimum absolute atomic E-state index is 0.105. The summed E-state index contributed by atoms with van der Waals surface area (Å²) in [5.74, 6) is 0. The zero-order valence-corrected chi connectivity index (χ0v) is 9.21. The normalized spacial score (nSPS) is 16.8. The smallest absolute Gasteiger partial charge is 0.0887 e. The first-order valence-corrected chi connectivity index (χ1v) is 5.29. The van der Waals surface area contributed by atoms with E-state index in [9.17, 15) is 0 Å². The summed E-state index contributed by atoms with van der Waals surface area (Å²) >= 11 is 0. The maximum atomic E-state index is 5.47. The summed E-state index contributed by atoms with van der Waals surface area (Å²) in [6.07, 6.45) is 4.09. The molecule has 1 aliphatic heterocycles. The minimum Gasteiger partial charge on any atom is -0.375 e. The van der Waals surface area contributed by atoms with E-state index in [2.05, 4.69) is 30.6 Å². The van der Waals surface area contributed by atoms with Crippen molar-refractivity contribution in [2.45, 2.75) is 45.8 Å². The molecule has 0 fully saturated rings. The maximum Gasteiger partial charge on any atom is 0.0887 e. The fraction of sp³-hybridized carbons (Fsp3) is 0.727. The van der Waals surface area contributed by atoms with Crippen LogP contribution < -0.4 is 0 Å². The molecule has 0 aliphatic carbocycles. The quantitative estimate of drug-likeness (QED) is 0.721. The second kappa shape index (κ2) is 3.39. The molecule has 0 N–H and O–H groups in total. The first kappa shape index (κ1) is 9.71. The molecule has 2 heterocycles. The molecule has 0 unspecified atom stereocenters. The third-order valence-corrected chi connectivity index (χ3v) is 3.15. The van der Waals surface area contributed by atoms with Gasteiger partial charge in [-0.25, -0.2) is 0 Å². The molecule has 1 aliphatic rings. The van der Waals surface area contributed by atoms with Gasteiger partial charge in [-0.3, -0.25) is 4.68 Å². The molecule has 1 aromatic rings. The van der Waals surface area contributed by atoms with E-state index in [1.54, 1.807) is 0 Å². The maximum absolute atomic E-state index is 5.47. The molecule has 0 bridgehead atoms. The Morgan fingerprint density at radius 2 is 2.36 bits per heavy atom. The summed E-state index contributed by atoms with van der Waals surface area (Å²) in [6.45, 7) is 8.19. The fourth-order valence-corrected chi connectivity index (χ4v) is 1.79. The van der Waals surface area contributed by atoms with Crippen molar-refractivity contribution in [2.24, 2.45) is 0 Å². The molecule has 3 heteroatoms. The molecule has 14 heavy (non-hydrogen) atoms. The van der Waals surface area contributed by atoms with Crippen LogP contribution in [0.2, 0.25) is 0 Å². The van der Waals surface area contributed by atoms with Crippen molar-refractivity contribution in [3.05, 3.63) is 17.5 Å².